The molecule has 1 aliphatic heterocycles. The van der Waals surface area contributed by atoms with Gasteiger partial charge in [-0.15, -0.1) is 0 Å². The second-order valence-corrected chi connectivity index (χ2v) is 7.62. The Morgan fingerprint density at radius 1 is 1.10 bits per heavy atom. The number of hydrogen-bond donors (Lipinski definition) is 1. The summed E-state index contributed by atoms with van der Waals surface area (Å²) in [5.41, 5.74) is 0.825. The van der Waals surface area contributed by atoms with Gasteiger partial charge < -0.3 is 15.0 Å². The monoisotopic (exact) mass is 431 g/mol. The lowest BCUT2D eigenvalue weighted by molar-refractivity contribution is 0.146. The summed E-state index contributed by atoms with van der Waals surface area (Å²) >= 11 is 0. The van der Waals surface area contributed by atoms with E-state index in [9.17, 15) is 13.2 Å². The van der Waals surface area contributed by atoms with Gasteiger partial charge >= 0.3 is 0 Å². The van der Waals surface area contributed by atoms with E-state index in [1.54, 1.807) is 21.0 Å². The zero-order chi connectivity index (χ0) is 22.1. The Morgan fingerprint density at radius 2 is 1.81 bits per heavy atom. The molecule has 0 radical (unpaired) electrons. The minimum atomic E-state index is -2.88. The Morgan fingerprint density at radius 3 is 2.48 bits per heavy atom. The number of nitrogens with zero attached hydrogens (tertiary/aromatic N) is 4. The maximum atomic E-state index is 14.6. The van der Waals surface area contributed by atoms with Crippen LogP contribution in [0.25, 0.3) is 11.0 Å². The molecule has 2 aromatic heterocycles. The summed E-state index contributed by atoms with van der Waals surface area (Å²) in [4.78, 5) is 15.7. The molecule has 1 atom stereocenters. The first-order valence-corrected chi connectivity index (χ1v) is 10.2. The van der Waals surface area contributed by atoms with Gasteiger partial charge in [0.2, 0.25) is 5.88 Å². The minimum absolute atomic E-state index is 0.142. The molecular formula is C22H24F3N5O. The lowest BCUT2D eigenvalue weighted by Gasteiger charge is -2.22. The van der Waals surface area contributed by atoms with Crippen LogP contribution in [-0.4, -0.2) is 35.2 Å². The first-order chi connectivity index (χ1) is 14.9. The van der Waals surface area contributed by atoms with Crippen molar-refractivity contribution in [2.45, 2.75) is 39.2 Å². The number of alkyl halides is 2. The molecule has 164 valence electrons. The molecule has 0 saturated carbocycles. The number of nitrogens with one attached hydrogen (secondary N) is 1. The van der Waals surface area contributed by atoms with Gasteiger partial charge in [0.05, 0.1) is 24.1 Å². The average molecular weight is 431 g/mol. The third-order valence-electron chi connectivity index (χ3n) is 5.50. The number of pyridine rings is 1. The van der Waals surface area contributed by atoms with Crippen molar-refractivity contribution in [3.8, 4) is 5.88 Å². The topological polar surface area (TPSA) is 63.2 Å². The zero-order valence-electron chi connectivity index (χ0n) is 17.6. The number of fused-ring (bicyclic) bond motifs is 1. The Bertz CT molecular complexity index is 1100. The summed E-state index contributed by atoms with van der Waals surface area (Å²) < 4.78 is 46.4. The third kappa shape index (κ3) is 4.08. The summed E-state index contributed by atoms with van der Waals surface area (Å²) in [6, 6.07) is 5.34. The van der Waals surface area contributed by atoms with Crippen molar-refractivity contribution < 1.29 is 17.9 Å². The molecule has 1 unspecified atom stereocenters. The van der Waals surface area contributed by atoms with Crippen LogP contribution in [0.1, 0.15) is 49.2 Å². The molecule has 1 N–H and O–H groups in total. The fourth-order valence-electron chi connectivity index (χ4n) is 3.94. The van der Waals surface area contributed by atoms with Crippen molar-refractivity contribution in [2.24, 2.45) is 0 Å². The molecule has 0 spiro atoms. The van der Waals surface area contributed by atoms with E-state index in [2.05, 4.69) is 25.2 Å². The highest BCUT2D eigenvalue weighted by atomic mass is 19.3. The quantitative estimate of drug-likeness (QED) is 0.579. The van der Waals surface area contributed by atoms with E-state index >= 15 is 0 Å². The number of aryl methyl sites for hydroxylation is 1. The third-order valence-corrected chi connectivity index (χ3v) is 5.50. The maximum Gasteiger partial charge on any atom is 0.266 e. The van der Waals surface area contributed by atoms with Crippen LogP contribution in [0.4, 0.5) is 24.7 Å². The van der Waals surface area contributed by atoms with Gasteiger partial charge in [0.1, 0.15) is 23.1 Å². The van der Waals surface area contributed by atoms with Crippen LogP contribution in [-0.2, 0) is 0 Å². The fourth-order valence-corrected chi connectivity index (χ4v) is 3.94. The molecule has 1 aliphatic rings. The Kier molecular flexibility index (Phi) is 5.84. The lowest BCUT2D eigenvalue weighted by Crippen LogP contribution is -2.19. The summed E-state index contributed by atoms with van der Waals surface area (Å²) in [5.74, 6) is 0.521. The summed E-state index contributed by atoms with van der Waals surface area (Å²) in [5, 5.41) is 3.83. The molecular weight excluding hydrogens is 407 g/mol. The van der Waals surface area contributed by atoms with Crippen LogP contribution in [0.15, 0.2) is 24.3 Å². The van der Waals surface area contributed by atoms with Crippen LogP contribution in [0.2, 0.25) is 0 Å². The molecule has 1 saturated heterocycles. The first kappa shape index (κ1) is 21.1. The maximum absolute atomic E-state index is 14.6. The number of benzene rings is 1. The standard InChI is InChI=1S/C22H24F3N5O/c1-12(14-7-6-8-15(18(14)23)19(24)25)26-20-16-11-17(30-9-4-5-10-30)22(31-3)29-21(16)28-13(2)27-20/h6-8,11-12,19H,4-5,9-10H2,1-3H3,(H,26,27,28,29). The van der Waals surface area contributed by atoms with Gasteiger partial charge in [-0.1, -0.05) is 18.2 Å². The van der Waals surface area contributed by atoms with Crippen molar-refractivity contribution in [3.63, 3.8) is 0 Å². The predicted octanol–water partition coefficient (Wildman–Crippen LogP) is 5.19. The van der Waals surface area contributed by atoms with Gasteiger partial charge in [-0.25, -0.2) is 23.1 Å². The molecule has 6 nitrogen and oxygen atoms in total. The van der Waals surface area contributed by atoms with E-state index < -0.39 is 23.8 Å². The predicted molar refractivity (Wildman–Crippen MR) is 113 cm³/mol. The lowest BCUT2D eigenvalue weighted by atomic mass is 10.0. The van der Waals surface area contributed by atoms with Crippen LogP contribution in [0.5, 0.6) is 5.88 Å². The zero-order valence-corrected chi connectivity index (χ0v) is 17.6. The molecule has 3 aromatic rings. The molecule has 3 heterocycles. The number of rotatable bonds is 6. The van der Waals surface area contributed by atoms with Gasteiger partial charge in [0, 0.05) is 18.7 Å². The largest absolute Gasteiger partial charge is 0.479 e. The number of anilines is 2. The summed E-state index contributed by atoms with van der Waals surface area (Å²) in [7, 11) is 1.57. The molecule has 1 fully saturated rings. The van der Waals surface area contributed by atoms with E-state index in [0.29, 0.717) is 28.6 Å². The average Bonchev–Trinajstić information content (AvgIpc) is 3.27. The molecule has 0 amide bonds. The van der Waals surface area contributed by atoms with E-state index in [-0.39, 0.29) is 5.56 Å². The van der Waals surface area contributed by atoms with Crippen molar-refractivity contribution in [2.75, 3.05) is 30.4 Å². The van der Waals surface area contributed by atoms with Crippen molar-refractivity contribution in [1.82, 2.24) is 15.0 Å². The summed E-state index contributed by atoms with van der Waals surface area (Å²) in [6.07, 6.45) is -0.699. The Balaban J connectivity index is 1.76. The van der Waals surface area contributed by atoms with Crippen LogP contribution in [0.3, 0.4) is 0 Å². The normalized spacial score (nSPS) is 15.0. The van der Waals surface area contributed by atoms with Gasteiger partial charge in [0.25, 0.3) is 6.43 Å². The first-order valence-electron chi connectivity index (χ1n) is 10.2. The van der Waals surface area contributed by atoms with Crippen LogP contribution >= 0.6 is 0 Å². The highest BCUT2D eigenvalue weighted by Crippen LogP contribution is 2.35. The molecule has 1 aromatic carbocycles. The smallest absolute Gasteiger partial charge is 0.266 e. The molecule has 0 bridgehead atoms. The van der Waals surface area contributed by atoms with E-state index in [0.717, 1.165) is 37.7 Å². The molecule has 0 aliphatic carbocycles. The van der Waals surface area contributed by atoms with Gasteiger partial charge in [-0.05, 0) is 32.8 Å². The van der Waals surface area contributed by atoms with Crippen molar-refractivity contribution in [3.05, 3.63) is 47.0 Å². The number of hydrogen-bond acceptors (Lipinski definition) is 6. The van der Waals surface area contributed by atoms with E-state index in [4.69, 9.17) is 4.74 Å². The fraction of sp³-hybridized carbons (Fsp3) is 0.409. The molecule has 9 heteroatoms. The van der Waals surface area contributed by atoms with Crippen LogP contribution in [0, 0.1) is 12.7 Å². The number of methoxy groups -OCH3 is 1. The van der Waals surface area contributed by atoms with E-state index in [1.807, 2.05) is 6.07 Å². The van der Waals surface area contributed by atoms with Crippen LogP contribution < -0.4 is 15.0 Å². The van der Waals surface area contributed by atoms with Gasteiger partial charge in [-0.2, -0.15) is 4.98 Å². The van der Waals surface area contributed by atoms with Gasteiger partial charge in [0.15, 0.2) is 5.65 Å². The van der Waals surface area contributed by atoms with E-state index in [1.165, 1.54) is 12.1 Å². The number of halogens is 3. The molecule has 31 heavy (non-hydrogen) atoms. The minimum Gasteiger partial charge on any atom is -0.479 e. The second kappa shape index (κ2) is 8.56. The highest BCUT2D eigenvalue weighted by Gasteiger charge is 2.23. The van der Waals surface area contributed by atoms with Crippen molar-refractivity contribution >= 4 is 22.5 Å². The highest BCUT2D eigenvalue weighted by molar-refractivity contribution is 5.90. The number of aromatic nitrogens is 3. The number of ether oxygens (including phenoxy) is 1. The molecule has 4 rings (SSSR count). The Labute approximate surface area is 178 Å². The van der Waals surface area contributed by atoms with Gasteiger partial charge in [-0.3, -0.25) is 0 Å². The SMILES string of the molecule is COc1nc2nc(C)nc(NC(C)c3cccc(C(F)F)c3F)c2cc1N1CCCC1. The Hall–Kier alpha value is -3.10. The van der Waals surface area contributed by atoms with Crippen molar-refractivity contribution in [1.29, 1.82) is 0 Å². The second-order valence-electron chi connectivity index (χ2n) is 7.62. The summed E-state index contributed by atoms with van der Waals surface area (Å²) in [6.45, 7) is 5.24.